The number of aromatic nitrogens is 1. The highest BCUT2D eigenvalue weighted by Crippen LogP contribution is 2.18. The number of nitrogens with one attached hydrogen (secondary N) is 2. The Bertz CT molecular complexity index is 898. The van der Waals surface area contributed by atoms with Crippen LogP contribution in [0.15, 0.2) is 42.5 Å². The predicted molar refractivity (Wildman–Crippen MR) is 108 cm³/mol. The van der Waals surface area contributed by atoms with Crippen LogP contribution < -0.4 is 10.6 Å². The second-order valence-electron chi connectivity index (χ2n) is 7.10. The Labute approximate surface area is 168 Å². The number of carboxylic acid groups (broad SMARTS) is 1. The number of hydrogen-bond donors (Lipinski definition) is 3. The van der Waals surface area contributed by atoms with Crippen molar-refractivity contribution < 1.29 is 19.5 Å². The first-order chi connectivity index (χ1) is 13.9. The summed E-state index contributed by atoms with van der Waals surface area (Å²) in [5.74, 6) is -0.892. The van der Waals surface area contributed by atoms with Gasteiger partial charge in [0.05, 0.1) is 11.5 Å². The zero-order valence-electron chi connectivity index (χ0n) is 16.2. The zero-order chi connectivity index (χ0) is 20.8. The maximum atomic E-state index is 12.6. The van der Waals surface area contributed by atoms with E-state index in [4.69, 9.17) is 5.11 Å². The summed E-state index contributed by atoms with van der Waals surface area (Å²) in [4.78, 5) is 41.9. The van der Waals surface area contributed by atoms with Gasteiger partial charge in [-0.15, -0.1) is 0 Å². The van der Waals surface area contributed by atoms with Gasteiger partial charge in [-0.3, -0.25) is 4.79 Å². The average molecular weight is 396 g/mol. The molecule has 152 valence electrons. The fourth-order valence-electron chi connectivity index (χ4n) is 3.27. The van der Waals surface area contributed by atoms with Crippen molar-refractivity contribution in [2.45, 2.75) is 26.3 Å². The number of amides is 3. The molecule has 1 atom stereocenters. The van der Waals surface area contributed by atoms with Gasteiger partial charge in [0.1, 0.15) is 5.82 Å². The van der Waals surface area contributed by atoms with Crippen molar-refractivity contribution in [3.8, 4) is 0 Å². The largest absolute Gasteiger partial charge is 0.478 e. The number of benzene rings is 1. The molecule has 8 heteroatoms. The summed E-state index contributed by atoms with van der Waals surface area (Å²) >= 11 is 0. The second kappa shape index (κ2) is 9.18. The van der Waals surface area contributed by atoms with Gasteiger partial charge in [0, 0.05) is 25.3 Å². The Morgan fingerprint density at radius 3 is 2.62 bits per heavy atom. The van der Waals surface area contributed by atoms with Gasteiger partial charge < -0.3 is 20.6 Å². The molecule has 1 unspecified atom stereocenters. The summed E-state index contributed by atoms with van der Waals surface area (Å²) in [5.41, 5.74) is 1.83. The van der Waals surface area contributed by atoms with Crippen LogP contribution in [-0.2, 0) is 11.3 Å². The quantitative estimate of drug-likeness (QED) is 0.719. The number of carboxylic acids is 1. The van der Waals surface area contributed by atoms with Crippen molar-refractivity contribution in [3.63, 3.8) is 0 Å². The van der Waals surface area contributed by atoms with E-state index >= 15 is 0 Å². The number of urea groups is 1. The van der Waals surface area contributed by atoms with Crippen LogP contribution in [0.1, 0.15) is 34.5 Å². The maximum absolute atomic E-state index is 12.6. The van der Waals surface area contributed by atoms with Crippen molar-refractivity contribution in [2.24, 2.45) is 5.92 Å². The van der Waals surface area contributed by atoms with Gasteiger partial charge in [-0.2, -0.15) is 0 Å². The molecule has 2 aromatic rings. The third-order valence-electron chi connectivity index (χ3n) is 4.86. The standard InChI is InChI=1S/C21H24N4O4/c1-14-4-2-6-18(23-14)24-19(26)17-5-3-11-25(13-17)21(29)22-12-15-7-9-16(10-8-15)20(27)28/h2,4,6-10,17H,3,5,11-13H2,1H3,(H,22,29)(H,27,28)(H,23,24,26). The smallest absolute Gasteiger partial charge is 0.335 e. The van der Waals surface area contributed by atoms with Crippen LogP contribution in [0.5, 0.6) is 0 Å². The molecule has 29 heavy (non-hydrogen) atoms. The van der Waals surface area contributed by atoms with Gasteiger partial charge in [0.25, 0.3) is 0 Å². The normalized spacial score (nSPS) is 16.2. The molecule has 3 N–H and O–H groups in total. The van der Waals surface area contributed by atoms with Gasteiger partial charge in [0.15, 0.2) is 0 Å². The Hall–Kier alpha value is -3.42. The molecule has 1 saturated heterocycles. The summed E-state index contributed by atoms with van der Waals surface area (Å²) in [6.45, 7) is 3.09. The number of pyridine rings is 1. The molecule has 1 aliphatic rings. The lowest BCUT2D eigenvalue weighted by atomic mass is 9.97. The molecule has 1 fully saturated rings. The Morgan fingerprint density at radius 1 is 1.17 bits per heavy atom. The minimum Gasteiger partial charge on any atom is -0.478 e. The fourth-order valence-corrected chi connectivity index (χ4v) is 3.27. The molecule has 0 spiro atoms. The van der Waals surface area contributed by atoms with Crippen molar-refractivity contribution in [1.29, 1.82) is 0 Å². The van der Waals surface area contributed by atoms with E-state index in [1.165, 1.54) is 12.1 Å². The van der Waals surface area contributed by atoms with Crippen molar-refractivity contribution in [3.05, 3.63) is 59.3 Å². The van der Waals surface area contributed by atoms with E-state index in [1.807, 2.05) is 19.1 Å². The van der Waals surface area contributed by atoms with Crippen molar-refractivity contribution in [1.82, 2.24) is 15.2 Å². The lowest BCUT2D eigenvalue weighted by molar-refractivity contribution is -0.121. The van der Waals surface area contributed by atoms with E-state index in [0.29, 0.717) is 25.5 Å². The van der Waals surface area contributed by atoms with E-state index in [9.17, 15) is 14.4 Å². The Morgan fingerprint density at radius 2 is 1.93 bits per heavy atom. The number of anilines is 1. The van der Waals surface area contributed by atoms with Crippen LogP contribution in [0.2, 0.25) is 0 Å². The summed E-state index contributed by atoms with van der Waals surface area (Å²) in [6.07, 6.45) is 1.47. The third-order valence-corrected chi connectivity index (χ3v) is 4.86. The number of hydrogen-bond acceptors (Lipinski definition) is 4. The SMILES string of the molecule is Cc1cccc(NC(=O)C2CCCN(C(=O)NCc3ccc(C(=O)O)cc3)C2)n1. The number of piperidine rings is 1. The van der Waals surface area contributed by atoms with Crippen LogP contribution in [0.4, 0.5) is 10.6 Å². The van der Waals surface area contributed by atoms with Crippen LogP contribution in [0.3, 0.4) is 0 Å². The summed E-state index contributed by atoms with van der Waals surface area (Å²) < 4.78 is 0. The molecule has 0 radical (unpaired) electrons. The minimum absolute atomic E-state index is 0.134. The highest BCUT2D eigenvalue weighted by molar-refractivity contribution is 5.92. The van der Waals surface area contributed by atoms with E-state index < -0.39 is 5.97 Å². The molecular formula is C21H24N4O4. The number of aryl methyl sites for hydroxylation is 1. The van der Waals surface area contributed by atoms with Crippen molar-refractivity contribution in [2.75, 3.05) is 18.4 Å². The number of carbonyl (C=O) groups excluding carboxylic acids is 2. The number of likely N-dealkylation sites (tertiary alicyclic amines) is 1. The van der Waals surface area contributed by atoms with E-state index in [0.717, 1.165) is 24.1 Å². The molecule has 3 amide bonds. The van der Waals surface area contributed by atoms with Gasteiger partial charge in [-0.25, -0.2) is 14.6 Å². The van der Waals surface area contributed by atoms with Gasteiger partial charge in [-0.1, -0.05) is 18.2 Å². The highest BCUT2D eigenvalue weighted by atomic mass is 16.4. The van der Waals surface area contributed by atoms with Crippen LogP contribution in [0.25, 0.3) is 0 Å². The summed E-state index contributed by atoms with van der Waals surface area (Å²) in [7, 11) is 0. The van der Waals surface area contributed by atoms with Crippen LogP contribution in [0, 0.1) is 12.8 Å². The van der Waals surface area contributed by atoms with Gasteiger partial charge in [0.2, 0.25) is 5.91 Å². The highest BCUT2D eigenvalue weighted by Gasteiger charge is 2.28. The summed E-state index contributed by atoms with van der Waals surface area (Å²) in [5, 5.41) is 14.6. The lowest BCUT2D eigenvalue weighted by Crippen LogP contribution is -2.47. The van der Waals surface area contributed by atoms with Gasteiger partial charge in [-0.05, 0) is 49.6 Å². The number of aromatic carboxylic acids is 1. The Balaban J connectivity index is 1.52. The van der Waals surface area contributed by atoms with Crippen LogP contribution >= 0.6 is 0 Å². The van der Waals surface area contributed by atoms with E-state index in [-0.39, 0.29) is 23.4 Å². The molecule has 2 heterocycles. The number of rotatable bonds is 5. The van der Waals surface area contributed by atoms with Crippen molar-refractivity contribution >= 4 is 23.7 Å². The molecule has 0 saturated carbocycles. The molecule has 0 aliphatic carbocycles. The zero-order valence-corrected chi connectivity index (χ0v) is 16.2. The minimum atomic E-state index is -0.987. The second-order valence-corrected chi connectivity index (χ2v) is 7.10. The molecule has 0 bridgehead atoms. The first-order valence-corrected chi connectivity index (χ1v) is 9.52. The average Bonchev–Trinajstić information content (AvgIpc) is 2.72. The Kier molecular flexibility index (Phi) is 6.43. The lowest BCUT2D eigenvalue weighted by Gasteiger charge is -2.32. The van der Waals surface area contributed by atoms with Crippen LogP contribution in [-0.4, -0.2) is 46.0 Å². The maximum Gasteiger partial charge on any atom is 0.335 e. The topological polar surface area (TPSA) is 112 Å². The first kappa shape index (κ1) is 20.3. The molecule has 1 aromatic heterocycles. The molecule has 8 nitrogen and oxygen atoms in total. The fraction of sp³-hybridized carbons (Fsp3) is 0.333. The third kappa shape index (κ3) is 5.54. The predicted octanol–water partition coefficient (Wildman–Crippen LogP) is 2.65. The number of nitrogens with zero attached hydrogens (tertiary/aromatic N) is 2. The molecule has 3 rings (SSSR count). The molecule has 1 aliphatic heterocycles. The summed E-state index contributed by atoms with van der Waals surface area (Å²) in [6, 6.07) is 11.6. The van der Waals surface area contributed by atoms with Gasteiger partial charge >= 0.3 is 12.0 Å². The first-order valence-electron chi connectivity index (χ1n) is 9.52. The van der Waals surface area contributed by atoms with E-state index in [2.05, 4.69) is 15.6 Å². The number of carbonyl (C=O) groups is 3. The molecular weight excluding hydrogens is 372 g/mol. The molecule has 1 aromatic carbocycles. The monoisotopic (exact) mass is 396 g/mol. The van der Waals surface area contributed by atoms with E-state index in [1.54, 1.807) is 23.1 Å².